The molecule has 58 valence electrons. The van der Waals surface area contributed by atoms with Crippen molar-refractivity contribution in [1.82, 2.24) is 0 Å². The molecule has 0 amide bonds. The minimum absolute atomic E-state index is 0.0357. The summed E-state index contributed by atoms with van der Waals surface area (Å²) in [5, 5.41) is 0. The van der Waals surface area contributed by atoms with Crippen LogP contribution in [-0.2, 0) is 9.53 Å². The van der Waals surface area contributed by atoms with Crippen LogP contribution in [0.2, 0.25) is 0 Å². The minimum Gasteiger partial charge on any atom is -0.498 e. The molecule has 0 N–H and O–H groups in total. The molecule has 2 nitrogen and oxygen atoms in total. The average molecular weight is 142 g/mol. The molecule has 0 aromatic heterocycles. The molecule has 0 bridgehead atoms. The van der Waals surface area contributed by atoms with Gasteiger partial charge < -0.3 is 4.74 Å². The standard InChI is InChI=1S/C8H14O2/c1-4-5-10-8(3)6-7(2)9/h6H,4-5H2,1-3H3/b8-6-. The third-order valence-corrected chi connectivity index (χ3v) is 0.940. The zero-order valence-corrected chi connectivity index (χ0v) is 6.81. The molecule has 0 fully saturated rings. The fraction of sp³-hybridized carbons (Fsp3) is 0.625. The van der Waals surface area contributed by atoms with Gasteiger partial charge in [0.2, 0.25) is 0 Å². The van der Waals surface area contributed by atoms with Crippen LogP contribution in [0.25, 0.3) is 0 Å². The first-order chi connectivity index (χ1) is 4.66. The van der Waals surface area contributed by atoms with Crippen molar-refractivity contribution in [2.24, 2.45) is 0 Å². The van der Waals surface area contributed by atoms with E-state index in [-0.39, 0.29) is 5.78 Å². The highest BCUT2D eigenvalue weighted by Gasteiger charge is 1.90. The SMILES string of the molecule is CCCO/C(C)=C\C(C)=O. The third kappa shape index (κ3) is 5.35. The Morgan fingerprint density at radius 2 is 2.10 bits per heavy atom. The Morgan fingerprint density at radius 3 is 2.50 bits per heavy atom. The Hall–Kier alpha value is -0.790. The van der Waals surface area contributed by atoms with Gasteiger partial charge in [0.1, 0.15) is 0 Å². The lowest BCUT2D eigenvalue weighted by atomic mass is 10.4. The molecule has 2 heteroatoms. The highest BCUT2D eigenvalue weighted by atomic mass is 16.5. The zero-order chi connectivity index (χ0) is 7.98. The molecule has 0 saturated heterocycles. The van der Waals surface area contributed by atoms with Gasteiger partial charge in [-0.2, -0.15) is 0 Å². The molecular weight excluding hydrogens is 128 g/mol. The molecule has 0 heterocycles. The number of carbonyl (C=O) groups is 1. The molecule has 0 radical (unpaired) electrons. The molecule has 0 rings (SSSR count). The number of ketones is 1. The molecule has 10 heavy (non-hydrogen) atoms. The van der Waals surface area contributed by atoms with Gasteiger partial charge in [0.25, 0.3) is 0 Å². The molecule has 0 aliphatic rings. The molecule has 0 aliphatic carbocycles. The van der Waals surface area contributed by atoms with E-state index in [4.69, 9.17) is 4.74 Å². The van der Waals surface area contributed by atoms with E-state index >= 15 is 0 Å². The summed E-state index contributed by atoms with van der Waals surface area (Å²) in [7, 11) is 0. The summed E-state index contributed by atoms with van der Waals surface area (Å²) < 4.78 is 5.14. The van der Waals surface area contributed by atoms with Gasteiger partial charge in [-0.25, -0.2) is 0 Å². The van der Waals surface area contributed by atoms with Gasteiger partial charge in [0, 0.05) is 6.08 Å². The molecule has 0 aliphatic heterocycles. The second kappa shape index (κ2) is 5.03. The van der Waals surface area contributed by atoms with Crippen molar-refractivity contribution in [2.45, 2.75) is 27.2 Å². The average Bonchev–Trinajstić information content (AvgIpc) is 1.82. The van der Waals surface area contributed by atoms with Crippen LogP contribution in [0.5, 0.6) is 0 Å². The zero-order valence-electron chi connectivity index (χ0n) is 6.81. The Morgan fingerprint density at radius 1 is 1.50 bits per heavy atom. The Labute approximate surface area is 61.9 Å². The van der Waals surface area contributed by atoms with Crippen molar-refractivity contribution in [1.29, 1.82) is 0 Å². The number of ether oxygens (including phenoxy) is 1. The van der Waals surface area contributed by atoms with Crippen LogP contribution < -0.4 is 0 Å². The van der Waals surface area contributed by atoms with Crippen molar-refractivity contribution in [3.63, 3.8) is 0 Å². The van der Waals surface area contributed by atoms with E-state index in [0.717, 1.165) is 6.42 Å². The molecule has 0 spiro atoms. The quantitative estimate of drug-likeness (QED) is 0.442. The van der Waals surface area contributed by atoms with Crippen LogP contribution in [0.1, 0.15) is 27.2 Å². The fourth-order valence-electron chi connectivity index (χ4n) is 0.591. The van der Waals surface area contributed by atoms with Gasteiger partial charge >= 0.3 is 0 Å². The van der Waals surface area contributed by atoms with Gasteiger partial charge in [-0.1, -0.05) is 6.92 Å². The molecule has 0 saturated carbocycles. The lowest BCUT2D eigenvalue weighted by Gasteiger charge is -2.01. The fourth-order valence-corrected chi connectivity index (χ4v) is 0.591. The van der Waals surface area contributed by atoms with E-state index in [1.165, 1.54) is 13.0 Å². The number of allylic oxidation sites excluding steroid dienone is 2. The van der Waals surface area contributed by atoms with E-state index in [0.29, 0.717) is 12.4 Å². The van der Waals surface area contributed by atoms with Crippen LogP contribution in [0.4, 0.5) is 0 Å². The monoisotopic (exact) mass is 142 g/mol. The van der Waals surface area contributed by atoms with E-state index < -0.39 is 0 Å². The summed E-state index contributed by atoms with van der Waals surface area (Å²) in [5.74, 6) is 0.739. The van der Waals surface area contributed by atoms with Crippen LogP contribution >= 0.6 is 0 Å². The number of carbonyl (C=O) groups excluding carboxylic acids is 1. The van der Waals surface area contributed by atoms with Crippen molar-refractivity contribution in [2.75, 3.05) is 6.61 Å². The van der Waals surface area contributed by atoms with Crippen LogP contribution in [0.3, 0.4) is 0 Å². The predicted octanol–water partition coefficient (Wildman–Crippen LogP) is 1.91. The topological polar surface area (TPSA) is 26.3 Å². The lowest BCUT2D eigenvalue weighted by Crippen LogP contribution is -1.92. The first-order valence-electron chi connectivity index (χ1n) is 3.48. The second-order valence-corrected chi connectivity index (χ2v) is 2.21. The van der Waals surface area contributed by atoms with E-state index in [2.05, 4.69) is 0 Å². The van der Waals surface area contributed by atoms with Crippen molar-refractivity contribution >= 4 is 5.78 Å². The van der Waals surface area contributed by atoms with E-state index in [1.807, 2.05) is 6.92 Å². The van der Waals surface area contributed by atoms with Crippen molar-refractivity contribution in [3.8, 4) is 0 Å². The minimum atomic E-state index is 0.0357. The van der Waals surface area contributed by atoms with Gasteiger partial charge in [-0.05, 0) is 20.3 Å². The highest BCUT2D eigenvalue weighted by Crippen LogP contribution is 1.95. The molecule has 0 atom stereocenters. The highest BCUT2D eigenvalue weighted by molar-refractivity contribution is 5.87. The summed E-state index contributed by atoms with van der Waals surface area (Å²) in [5.41, 5.74) is 0. The maximum absolute atomic E-state index is 10.5. The van der Waals surface area contributed by atoms with Gasteiger partial charge in [0.15, 0.2) is 5.78 Å². The van der Waals surface area contributed by atoms with Crippen LogP contribution in [0, 0.1) is 0 Å². The summed E-state index contributed by atoms with van der Waals surface area (Å²) >= 11 is 0. The predicted molar refractivity (Wildman–Crippen MR) is 40.7 cm³/mol. The second-order valence-electron chi connectivity index (χ2n) is 2.21. The first kappa shape index (κ1) is 9.21. The molecule has 0 unspecified atom stereocenters. The smallest absolute Gasteiger partial charge is 0.155 e. The first-order valence-corrected chi connectivity index (χ1v) is 3.48. The summed E-state index contributed by atoms with van der Waals surface area (Å²) in [6, 6.07) is 0. The number of hydrogen-bond donors (Lipinski definition) is 0. The largest absolute Gasteiger partial charge is 0.498 e. The van der Waals surface area contributed by atoms with Crippen molar-refractivity contribution in [3.05, 3.63) is 11.8 Å². The maximum Gasteiger partial charge on any atom is 0.155 e. The van der Waals surface area contributed by atoms with Gasteiger partial charge in [-0.15, -0.1) is 0 Å². The van der Waals surface area contributed by atoms with Gasteiger partial charge in [0.05, 0.1) is 12.4 Å². The van der Waals surface area contributed by atoms with E-state index in [9.17, 15) is 4.79 Å². The number of hydrogen-bond acceptors (Lipinski definition) is 2. The maximum atomic E-state index is 10.5. The third-order valence-electron chi connectivity index (χ3n) is 0.940. The summed E-state index contributed by atoms with van der Waals surface area (Å²) in [6.45, 7) is 6.02. The Kier molecular flexibility index (Phi) is 4.63. The Balaban J connectivity index is 3.60. The Bertz CT molecular complexity index is 136. The molecule has 0 aromatic carbocycles. The van der Waals surface area contributed by atoms with E-state index in [1.54, 1.807) is 6.92 Å². The van der Waals surface area contributed by atoms with Crippen LogP contribution in [-0.4, -0.2) is 12.4 Å². The van der Waals surface area contributed by atoms with Crippen LogP contribution in [0.15, 0.2) is 11.8 Å². The lowest BCUT2D eigenvalue weighted by molar-refractivity contribution is -0.112. The normalized spacial score (nSPS) is 11.3. The van der Waals surface area contributed by atoms with Gasteiger partial charge in [-0.3, -0.25) is 4.79 Å². The number of rotatable bonds is 4. The summed E-state index contributed by atoms with van der Waals surface area (Å²) in [4.78, 5) is 10.5. The molecule has 0 aromatic rings. The molecular formula is C8H14O2. The van der Waals surface area contributed by atoms with Crippen molar-refractivity contribution < 1.29 is 9.53 Å². The summed E-state index contributed by atoms with van der Waals surface area (Å²) in [6.07, 6.45) is 2.47.